The van der Waals surface area contributed by atoms with Gasteiger partial charge in [0, 0.05) is 0 Å². The summed E-state index contributed by atoms with van der Waals surface area (Å²) in [6.45, 7) is 2.46. The van der Waals surface area contributed by atoms with Crippen molar-refractivity contribution in [3.05, 3.63) is 0 Å². The molecule has 0 radical (unpaired) electrons. The minimum Gasteiger partial charge on any atom is -0.0625 e. The van der Waals surface area contributed by atoms with Crippen LogP contribution in [0.3, 0.4) is 0 Å². The molecule has 0 heterocycles. The highest BCUT2D eigenvalue weighted by Gasteiger charge is 2.25. The Bertz CT molecular complexity index is 161. The molecular weight excluding hydrogens is 168 g/mol. The van der Waals surface area contributed by atoms with E-state index in [1.165, 1.54) is 38.5 Å². The van der Waals surface area contributed by atoms with Gasteiger partial charge in [-0.15, -0.1) is 0 Å². The number of hydrogen-bond donors (Lipinski definition) is 0. The Hall–Kier alpha value is 0. The summed E-state index contributed by atoms with van der Waals surface area (Å²) in [7, 11) is 0. The summed E-state index contributed by atoms with van der Waals surface area (Å²) >= 11 is 0. The maximum atomic E-state index is 2.46. The average molecular weight is 194 g/mol. The van der Waals surface area contributed by atoms with Gasteiger partial charge >= 0.3 is 0 Å². The smallest absolute Gasteiger partial charge is 0.0386 e. The molecule has 2 fully saturated rings. The summed E-state index contributed by atoms with van der Waals surface area (Å²) in [5, 5.41) is 0. The van der Waals surface area contributed by atoms with Crippen molar-refractivity contribution in [3.63, 3.8) is 0 Å². The highest BCUT2D eigenvalue weighted by Crippen LogP contribution is 2.38. The van der Waals surface area contributed by atoms with E-state index in [2.05, 4.69) is 6.92 Å². The minimum atomic E-state index is 1.01. The fourth-order valence-corrected chi connectivity index (χ4v) is 3.59. The fourth-order valence-electron chi connectivity index (χ4n) is 3.59. The quantitative estimate of drug-likeness (QED) is 0.520. The molecule has 14 heavy (non-hydrogen) atoms. The van der Waals surface area contributed by atoms with Crippen molar-refractivity contribution >= 4 is 0 Å². The second kappa shape index (κ2) is 5.19. The third-order valence-corrected chi connectivity index (χ3v) is 4.62. The van der Waals surface area contributed by atoms with Gasteiger partial charge in [0.1, 0.15) is 0 Å². The van der Waals surface area contributed by atoms with Gasteiger partial charge in [-0.2, -0.15) is 0 Å². The van der Waals surface area contributed by atoms with E-state index in [4.69, 9.17) is 0 Å². The third kappa shape index (κ3) is 2.74. The van der Waals surface area contributed by atoms with E-state index in [-0.39, 0.29) is 0 Å². The summed E-state index contributed by atoms with van der Waals surface area (Å²) in [6.07, 6.45) is 15.3. The topological polar surface area (TPSA) is 0 Å². The largest absolute Gasteiger partial charge is 0.0625 e. The number of fused-ring (bicyclic) bond motifs is 1. The third-order valence-electron chi connectivity index (χ3n) is 4.62. The zero-order chi connectivity index (χ0) is 9.80. The normalized spacial score (nSPS) is 40.5. The molecule has 0 aromatic rings. The molecule has 3 atom stereocenters. The van der Waals surface area contributed by atoms with Crippen molar-refractivity contribution in [1.29, 1.82) is 0 Å². The minimum absolute atomic E-state index is 1.01. The summed E-state index contributed by atoms with van der Waals surface area (Å²) in [5.74, 6) is 3.24. The molecule has 0 saturated heterocycles. The standard InChI is InChI=1S/C14H26/c1-12-6-5-9-13-7-3-2-4-8-14(13)11-10-12/h12-14H,2-11H2,1H3. The molecular formula is C14H26. The summed E-state index contributed by atoms with van der Waals surface area (Å²) < 4.78 is 0. The van der Waals surface area contributed by atoms with Crippen molar-refractivity contribution in [2.75, 3.05) is 0 Å². The van der Waals surface area contributed by atoms with Crippen LogP contribution in [0.5, 0.6) is 0 Å². The highest BCUT2D eigenvalue weighted by atomic mass is 14.3. The average Bonchev–Trinajstić information content (AvgIpc) is 2.37. The fraction of sp³-hybridized carbons (Fsp3) is 1.00. The second-order valence-electron chi connectivity index (χ2n) is 5.77. The van der Waals surface area contributed by atoms with Crippen LogP contribution in [0.1, 0.15) is 71.1 Å². The van der Waals surface area contributed by atoms with Crippen molar-refractivity contribution in [2.24, 2.45) is 17.8 Å². The van der Waals surface area contributed by atoms with Crippen LogP contribution in [0.25, 0.3) is 0 Å². The molecule has 0 heteroatoms. The van der Waals surface area contributed by atoms with Crippen molar-refractivity contribution < 1.29 is 0 Å². The molecule has 2 rings (SSSR count). The van der Waals surface area contributed by atoms with Gasteiger partial charge in [-0.1, -0.05) is 64.7 Å². The lowest BCUT2D eigenvalue weighted by atomic mass is 9.77. The molecule has 2 aliphatic rings. The van der Waals surface area contributed by atoms with E-state index in [1.807, 2.05) is 0 Å². The Labute approximate surface area is 89.5 Å². The van der Waals surface area contributed by atoms with Crippen molar-refractivity contribution in [3.8, 4) is 0 Å². The molecule has 0 aromatic heterocycles. The van der Waals surface area contributed by atoms with Crippen molar-refractivity contribution in [2.45, 2.75) is 71.1 Å². The Morgan fingerprint density at radius 1 is 0.571 bits per heavy atom. The van der Waals surface area contributed by atoms with Gasteiger partial charge in [-0.05, 0) is 24.2 Å². The Morgan fingerprint density at radius 2 is 1.21 bits per heavy atom. The van der Waals surface area contributed by atoms with E-state index in [0.29, 0.717) is 0 Å². The molecule has 0 bridgehead atoms. The Morgan fingerprint density at radius 3 is 2.00 bits per heavy atom. The SMILES string of the molecule is CC1CCCC2CCCCCC2CC1. The first-order valence-corrected chi connectivity index (χ1v) is 6.86. The van der Waals surface area contributed by atoms with E-state index < -0.39 is 0 Å². The summed E-state index contributed by atoms with van der Waals surface area (Å²) in [6, 6.07) is 0. The Kier molecular flexibility index (Phi) is 3.89. The van der Waals surface area contributed by atoms with E-state index in [0.717, 1.165) is 17.8 Å². The van der Waals surface area contributed by atoms with Gasteiger partial charge < -0.3 is 0 Å². The maximum Gasteiger partial charge on any atom is -0.0386 e. The molecule has 0 aromatic carbocycles. The van der Waals surface area contributed by atoms with Crippen LogP contribution in [0.4, 0.5) is 0 Å². The van der Waals surface area contributed by atoms with E-state index in [1.54, 1.807) is 25.7 Å². The van der Waals surface area contributed by atoms with Crippen LogP contribution in [0, 0.1) is 17.8 Å². The molecule has 0 nitrogen and oxygen atoms in total. The summed E-state index contributed by atoms with van der Waals surface area (Å²) in [4.78, 5) is 0. The molecule has 82 valence electrons. The highest BCUT2D eigenvalue weighted by molar-refractivity contribution is 4.77. The summed E-state index contributed by atoms with van der Waals surface area (Å²) in [5.41, 5.74) is 0. The molecule has 2 aliphatic carbocycles. The lowest BCUT2D eigenvalue weighted by Crippen LogP contribution is -2.17. The maximum absolute atomic E-state index is 2.46. The molecule has 3 unspecified atom stereocenters. The van der Waals surface area contributed by atoms with Gasteiger partial charge in [0.2, 0.25) is 0 Å². The second-order valence-corrected chi connectivity index (χ2v) is 5.77. The van der Waals surface area contributed by atoms with Crippen LogP contribution in [0.15, 0.2) is 0 Å². The molecule has 0 amide bonds. The Balaban J connectivity index is 1.92. The molecule has 2 saturated carbocycles. The lowest BCUT2D eigenvalue weighted by molar-refractivity contribution is 0.224. The monoisotopic (exact) mass is 194 g/mol. The van der Waals surface area contributed by atoms with Crippen LogP contribution < -0.4 is 0 Å². The first-order valence-electron chi connectivity index (χ1n) is 6.86. The van der Waals surface area contributed by atoms with Gasteiger partial charge in [0.25, 0.3) is 0 Å². The first kappa shape index (κ1) is 10.5. The zero-order valence-electron chi connectivity index (χ0n) is 9.80. The van der Waals surface area contributed by atoms with Crippen LogP contribution in [-0.4, -0.2) is 0 Å². The molecule has 0 aliphatic heterocycles. The van der Waals surface area contributed by atoms with Crippen LogP contribution in [0.2, 0.25) is 0 Å². The van der Waals surface area contributed by atoms with Crippen molar-refractivity contribution in [1.82, 2.24) is 0 Å². The predicted molar refractivity (Wildman–Crippen MR) is 62.3 cm³/mol. The van der Waals surface area contributed by atoms with Gasteiger partial charge in [0.15, 0.2) is 0 Å². The van der Waals surface area contributed by atoms with Crippen LogP contribution >= 0.6 is 0 Å². The molecule has 0 spiro atoms. The van der Waals surface area contributed by atoms with Crippen LogP contribution in [-0.2, 0) is 0 Å². The number of rotatable bonds is 0. The molecule has 0 N–H and O–H groups in total. The first-order chi connectivity index (χ1) is 6.86. The van der Waals surface area contributed by atoms with E-state index in [9.17, 15) is 0 Å². The zero-order valence-corrected chi connectivity index (χ0v) is 9.80. The van der Waals surface area contributed by atoms with Gasteiger partial charge in [0.05, 0.1) is 0 Å². The predicted octanol–water partition coefficient (Wildman–Crippen LogP) is 4.78. The number of hydrogen-bond acceptors (Lipinski definition) is 0. The van der Waals surface area contributed by atoms with Gasteiger partial charge in [-0.3, -0.25) is 0 Å². The van der Waals surface area contributed by atoms with Gasteiger partial charge in [-0.25, -0.2) is 0 Å². The lowest BCUT2D eigenvalue weighted by Gasteiger charge is -2.29. The van der Waals surface area contributed by atoms with E-state index >= 15 is 0 Å².